The number of halogens is 1. The molecule has 0 fully saturated rings. The Morgan fingerprint density at radius 1 is 0.946 bits per heavy atom. The van der Waals surface area contributed by atoms with E-state index >= 15 is 0 Å². The van der Waals surface area contributed by atoms with E-state index in [2.05, 4.69) is 5.10 Å². The van der Waals surface area contributed by atoms with Crippen LogP contribution in [0.2, 0.25) is 0 Å². The number of ether oxygens (including phenoxy) is 2. The smallest absolute Gasteiger partial charge is 0.243 e. The molecule has 37 heavy (non-hydrogen) atoms. The van der Waals surface area contributed by atoms with Crippen molar-refractivity contribution >= 4 is 10.0 Å². The van der Waals surface area contributed by atoms with Crippen LogP contribution in [0.25, 0.3) is 11.3 Å². The minimum atomic E-state index is -3.87. The van der Waals surface area contributed by atoms with E-state index in [0.29, 0.717) is 28.6 Å². The molecule has 0 saturated heterocycles. The summed E-state index contributed by atoms with van der Waals surface area (Å²) in [7, 11) is -0.600. The van der Waals surface area contributed by atoms with Gasteiger partial charge in [-0.05, 0) is 54.4 Å². The van der Waals surface area contributed by atoms with Crippen LogP contribution in [-0.4, -0.2) is 36.2 Å². The predicted octanol–water partition coefficient (Wildman–Crippen LogP) is 5.87. The molecule has 0 radical (unpaired) electrons. The van der Waals surface area contributed by atoms with E-state index in [-0.39, 0.29) is 29.7 Å². The largest absolute Gasteiger partial charge is 0.497 e. The molecule has 9 heteroatoms. The Morgan fingerprint density at radius 2 is 1.57 bits per heavy atom. The molecule has 0 amide bonds. The second kappa shape index (κ2) is 11.1. The first-order valence-electron chi connectivity index (χ1n) is 11.9. The summed E-state index contributed by atoms with van der Waals surface area (Å²) in [6.07, 6.45) is 0. The van der Waals surface area contributed by atoms with Crippen LogP contribution in [0.4, 0.5) is 4.39 Å². The fourth-order valence-corrected chi connectivity index (χ4v) is 5.56. The summed E-state index contributed by atoms with van der Waals surface area (Å²) in [5.74, 6) is 1.05. The molecule has 0 atom stereocenters. The summed E-state index contributed by atoms with van der Waals surface area (Å²) in [6.45, 7) is 4.25. The highest BCUT2D eigenvalue weighted by atomic mass is 32.2. The summed E-state index contributed by atoms with van der Waals surface area (Å²) in [4.78, 5) is 0.167. The average Bonchev–Trinajstić information content (AvgIpc) is 3.20. The minimum Gasteiger partial charge on any atom is -0.497 e. The number of methoxy groups -OCH3 is 1. The van der Waals surface area contributed by atoms with Gasteiger partial charge in [-0.25, -0.2) is 17.5 Å². The molecule has 4 rings (SSSR count). The van der Waals surface area contributed by atoms with Gasteiger partial charge in [0.2, 0.25) is 15.9 Å². The van der Waals surface area contributed by atoms with E-state index < -0.39 is 10.0 Å². The van der Waals surface area contributed by atoms with Gasteiger partial charge in [0.25, 0.3) is 0 Å². The second-order valence-corrected chi connectivity index (χ2v) is 11.0. The van der Waals surface area contributed by atoms with Crippen LogP contribution in [-0.2, 0) is 23.6 Å². The first kappa shape index (κ1) is 26.4. The van der Waals surface area contributed by atoms with E-state index in [1.807, 2.05) is 44.2 Å². The standard InChI is InChI=1S/C28H30FN3O4S/c1-20(2)18-32(37(33,34)25-16-14-23(35-4)15-17-25)19-26-27(21-8-6-5-7-9-21)30-31(3)28(26)36-24-12-10-22(29)11-13-24/h5-17,20H,18-19H2,1-4H3. The molecule has 3 aromatic carbocycles. The molecule has 0 saturated carbocycles. The van der Waals surface area contributed by atoms with E-state index in [4.69, 9.17) is 9.47 Å². The van der Waals surface area contributed by atoms with Gasteiger partial charge in [0.15, 0.2) is 0 Å². The van der Waals surface area contributed by atoms with Crippen LogP contribution in [0, 0.1) is 11.7 Å². The van der Waals surface area contributed by atoms with Crippen molar-refractivity contribution in [1.82, 2.24) is 14.1 Å². The topological polar surface area (TPSA) is 73.7 Å². The van der Waals surface area contributed by atoms with E-state index in [1.165, 1.54) is 35.7 Å². The van der Waals surface area contributed by atoms with Crippen molar-refractivity contribution in [3.63, 3.8) is 0 Å². The van der Waals surface area contributed by atoms with Gasteiger partial charge >= 0.3 is 0 Å². The molecular weight excluding hydrogens is 493 g/mol. The van der Waals surface area contributed by atoms with Crippen molar-refractivity contribution in [2.24, 2.45) is 13.0 Å². The highest BCUT2D eigenvalue weighted by molar-refractivity contribution is 7.89. The minimum absolute atomic E-state index is 0.0289. The fraction of sp³-hybridized carbons (Fsp3) is 0.250. The Kier molecular flexibility index (Phi) is 7.94. The maximum atomic E-state index is 13.8. The SMILES string of the molecule is COc1ccc(S(=O)(=O)N(Cc2c(-c3ccccc3)nn(C)c2Oc2ccc(F)cc2)CC(C)C)cc1. The Labute approximate surface area is 217 Å². The number of hydrogen-bond acceptors (Lipinski definition) is 5. The van der Waals surface area contributed by atoms with Gasteiger partial charge < -0.3 is 9.47 Å². The molecule has 194 valence electrons. The van der Waals surface area contributed by atoms with Crippen LogP contribution in [0.3, 0.4) is 0 Å². The zero-order valence-electron chi connectivity index (χ0n) is 21.3. The Morgan fingerprint density at radius 3 is 2.16 bits per heavy atom. The van der Waals surface area contributed by atoms with Crippen LogP contribution < -0.4 is 9.47 Å². The van der Waals surface area contributed by atoms with Gasteiger partial charge in [0.1, 0.15) is 23.0 Å². The van der Waals surface area contributed by atoms with Crippen LogP contribution in [0.1, 0.15) is 19.4 Å². The monoisotopic (exact) mass is 523 g/mol. The number of aryl methyl sites for hydroxylation is 1. The van der Waals surface area contributed by atoms with Gasteiger partial charge in [-0.2, -0.15) is 9.40 Å². The Bertz CT molecular complexity index is 1440. The third-order valence-corrected chi connectivity index (χ3v) is 7.59. The van der Waals surface area contributed by atoms with Gasteiger partial charge in [-0.3, -0.25) is 0 Å². The quantitative estimate of drug-likeness (QED) is 0.260. The summed E-state index contributed by atoms with van der Waals surface area (Å²) >= 11 is 0. The van der Waals surface area contributed by atoms with E-state index in [1.54, 1.807) is 36.0 Å². The molecule has 0 aliphatic rings. The van der Waals surface area contributed by atoms with Gasteiger partial charge in [-0.1, -0.05) is 44.2 Å². The summed E-state index contributed by atoms with van der Waals surface area (Å²) in [5, 5.41) is 4.68. The number of sulfonamides is 1. The van der Waals surface area contributed by atoms with Gasteiger partial charge in [0, 0.05) is 25.7 Å². The molecule has 7 nitrogen and oxygen atoms in total. The lowest BCUT2D eigenvalue weighted by atomic mass is 10.1. The van der Waals surface area contributed by atoms with Crippen molar-refractivity contribution in [3.05, 3.63) is 90.2 Å². The molecular formula is C28H30FN3O4S. The number of nitrogens with zero attached hydrogens (tertiary/aromatic N) is 3. The fourth-order valence-electron chi connectivity index (χ4n) is 3.99. The van der Waals surface area contributed by atoms with Gasteiger partial charge in [0.05, 0.1) is 17.6 Å². The van der Waals surface area contributed by atoms with Gasteiger partial charge in [-0.15, -0.1) is 0 Å². The molecule has 0 aliphatic heterocycles. The van der Waals surface area contributed by atoms with Crippen molar-refractivity contribution in [1.29, 1.82) is 0 Å². The first-order chi connectivity index (χ1) is 17.7. The Balaban J connectivity index is 1.81. The molecule has 0 N–H and O–H groups in total. The predicted molar refractivity (Wildman–Crippen MR) is 141 cm³/mol. The van der Waals surface area contributed by atoms with Crippen molar-refractivity contribution in [3.8, 4) is 28.6 Å². The molecule has 4 aromatic rings. The zero-order valence-corrected chi connectivity index (χ0v) is 22.1. The first-order valence-corrected chi connectivity index (χ1v) is 13.3. The normalized spacial score (nSPS) is 11.8. The number of hydrogen-bond donors (Lipinski definition) is 0. The third-order valence-electron chi connectivity index (χ3n) is 5.76. The third kappa shape index (κ3) is 6.00. The van der Waals surface area contributed by atoms with Crippen LogP contribution in [0.5, 0.6) is 17.4 Å². The number of benzene rings is 3. The van der Waals surface area contributed by atoms with Crippen molar-refractivity contribution < 1.29 is 22.3 Å². The second-order valence-electron chi connectivity index (χ2n) is 9.04. The average molecular weight is 524 g/mol. The highest BCUT2D eigenvalue weighted by Crippen LogP contribution is 2.35. The lowest BCUT2D eigenvalue weighted by molar-refractivity contribution is 0.353. The lowest BCUT2D eigenvalue weighted by Gasteiger charge is -2.24. The molecule has 0 bridgehead atoms. The zero-order chi connectivity index (χ0) is 26.6. The van der Waals surface area contributed by atoms with Crippen molar-refractivity contribution in [2.75, 3.05) is 13.7 Å². The molecule has 1 aromatic heterocycles. The molecule has 0 spiro atoms. The summed E-state index contributed by atoms with van der Waals surface area (Å²) < 4.78 is 55.5. The van der Waals surface area contributed by atoms with E-state index in [0.717, 1.165) is 5.56 Å². The molecule has 0 aliphatic carbocycles. The molecule has 1 heterocycles. The Hall–Kier alpha value is -3.69. The summed E-state index contributed by atoms with van der Waals surface area (Å²) in [6, 6.07) is 21.5. The maximum absolute atomic E-state index is 13.8. The van der Waals surface area contributed by atoms with Crippen LogP contribution >= 0.6 is 0 Å². The number of aromatic nitrogens is 2. The van der Waals surface area contributed by atoms with Crippen molar-refractivity contribution in [2.45, 2.75) is 25.3 Å². The molecule has 0 unspecified atom stereocenters. The van der Waals surface area contributed by atoms with E-state index in [9.17, 15) is 12.8 Å². The highest BCUT2D eigenvalue weighted by Gasteiger charge is 2.30. The van der Waals surface area contributed by atoms with Crippen LogP contribution in [0.15, 0.2) is 83.8 Å². The maximum Gasteiger partial charge on any atom is 0.243 e. The summed E-state index contributed by atoms with van der Waals surface area (Å²) in [5.41, 5.74) is 2.04. The lowest BCUT2D eigenvalue weighted by Crippen LogP contribution is -2.34. The number of rotatable bonds is 10.